The van der Waals surface area contributed by atoms with Gasteiger partial charge in [0.1, 0.15) is 16.9 Å². The zero-order valence-corrected chi connectivity index (χ0v) is 17.2. The molecule has 0 spiro atoms. The number of hydrogen-bond acceptors (Lipinski definition) is 6. The smallest absolute Gasteiger partial charge is 0.422 e. The second-order valence-electron chi connectivity index (χ2n) is 6.92. The highest BCUT2D eigenvalue weighted by molar-refractivity contribution is 6.31. The molecule has 1 aliphatic heterocycles. The first-order chi connectivity index (χ1) is 14.5. The van der Waals surface area contributed by atoms with Crippen LogP contribution in [0, 0.1) is 0 Å². The van der Waals surface area contributed by atoms with Crippen LogP contribution in [0.1, 0.15) is 41.4 Å². The molecule has 2 amide bonds. The maximum absolute atomic E-state index is 12.9. The number of halogens is 4. The van der Waals surface area contributed by atoms with Crippen molar-refractivity contribution in [1.82, 2.24) is 14.9 Å². The number of anilines is 1. The van der Waals surface area contributed by atoms with Crippen molar-refractivity contribution in [3.8, 4) is 5.88 Å². The third kappa shape index (κ3) is 5.05. The van der Waals surface area contributed by atoms with Gasteiger partial charge in [-0.2, -0.15) is 13.2 Å². The number of ether oxygens (including phenoxy) is 1. The van der Waals surface area contributed by atoms with Crippen molar-refractivity contribution < 1.29 is 32.6 Å². The summed E-state index contributed by atoms with van der Waals surface area (Å²) in [6.45, 7) is 1.59. The molecule has 2 aromatic heterocycles. The zero-order valence-electron chi connectivity index (χ0n) is 16.4. The molecule has 0 aromatic carbocycles. The van der Waals surface area contributed by atoms with E-state index in [2.05, 4.69) is 20.0 Å². The highest BCUT2D eigenvalue weighted by atomic mass is 35.5. The van der Waals surface area contributed by atoms with Gasteiger partial charge in [-0.25, -0.2) is 9.97 Å². The molecule has 166 valence electrons. The van der Waals surface area contributed by atoms with Gasteiger partial charge in [-0.1, -0.05) is 11.6 Å². The summed E-state index contributed by atoms with van der Waals surface area (Å²) in [6.07, 6.45) is -3.13. The lowest BCUT2D eigenvalue weighted by molar-refractivity contribution is -0.154. The molecule has 0 fully saturated rings. The van der Waals surface area contributed by atoms with E-state index >= 15 is 0 Å². The largest absolute Gasteiger partial charge is 0.467 e. The van der Waals surface area contributed by atoms with Gasteiger partial charge in [0.05, 0.1) is 12.6 Å². The molecule has 8 nitrogen and oxygen atoms in total. The normalized spacial score (nSPS) is 15.5. The van der Waals surface area contributed by atoms with Gasteiger partial charge in [0, 0.05) is 23.5 Å². The number of nitrogens with one attached hydrogen (secondary N) is 1. The number of pyridine rings is 2. The van der Waals surface area contributed by atoms with Crippen molar-refractivity contribution >= 4 is 29.2 Å². The summed E-state index contributed by atoms with van der Waals surface area (Å²) in [6, 6.07) is 2.36. The minimum atomic E-state index is -4.53. The number of alkyl halides is 3. The Morgan fingerprint density at radius 1 is 1.39 bits per heavy atom. The number of aliphatic hydroxyl groups is 1. The van der Waals surface area contributed by atoms with Crippen molar-refractivity contribution in [1.29, 1.82) is 0 Å². The second-order valence-corrected chi connectivity index (χ2v) is 7.33. The van der Waals surface area contributed by atoms with Crippen molar-refractivity contribution in [3.63, 3.8) is 0 Å². The summed E-state index contributed by atoms with van der Waals surface area (Å²) >= 11 is 6.01. The van der Waals surface area contributed by atoms with E-state index in [4.69, 9.17) is 11.6 Å². The van der Waals surface area contributed by atoms with Gasteiger partial charge in [-0.3, -0.25) is 9.59 Å². The first-order valence-corrected chi connectivity index (χ1v) is 9.48. The first kappa shape index (κ1) is 22.8. The summed E-state index contributed by atoms with van der Waals surface area (Å²) in [5, 5.41) is 11.8. The van der Waals surface area contributed by atoms with Crippen LogP contribution in [0.15, 0.2) is 24.5 Å². The maximum atomic E-state index is 12.9. The summed E-state index contributed by atoms with van der Waals surface area (Å²) < 4.78 is 41.6. The number of rotatable bonds is 6. The van der Waals surface area contributed by atoms with Gasteiger partial charge < -0.3 is 20.1 Å². The Hall–Kier alpha value is -2.92. The van der Waals surface area contributed by atoms with Crippen molar-refractivity contribution in [2.75, 3.05) is 11.9 Å². The Bertz CT molecular complexity index is 1020. The molecule has 12 heteroatoms. The molecule has 0 saturated carbocycles. The summed E-state index contributed by atoms with van der Waals surface area (Å²) in [5.41, 5.74) is 1.30. The fourth-order valence-corrected chi connectivity index (χ4v) is 3.23. The fraction of sp³-hybridized carbons (Fsp3) is 0.368. The summed E-state index contributed by atoms with van der Waals surface area (Å²) in [5.74, 6) is -1.19. The van der Waals surface area contributed by atoms with Crippen LogP contribution >= 0.6 is 11.6 Å². The van der Waals surface area contributed by atoms with Crippen LogP contribution in [0.3, 0.4) is 0 Å². The van der Waals surface area contributed by atoms with E-state index in [1.807, 2.05) is 0 Å². The minimum Gasteiger partial charge on any atom is -0.467 e. The molecule has 2 atom stereocenters. The number of aliphatic hydroxyl groups excluding tert-OH is 1. The Kier molecular flexibility index (Phi) is 6.37. The third-order valence-electron chi connectivity index (χ3n) is 4.65. The second kappa shape index (κ2) is 8.67. The standard InChI is InChI=1S/C19H18ClF3N4O4/c1-9(11-5-14(20)17(25-6-11)31-8-19(21,22)23)27-7-13-12(18(27)30)3-4-24-15(13)26-16(29)10(2)28/h3-6,9-10,28H,7-8H2,1-2H3,(H,24,26,29). The lowest BCUT2D eigenvalue weighted by Gasteiger charge is -2.25. The molecular weight excluding hydrogens is 441 g/mol. The van der Waals surface area contributed by atoms with E-state index in [1.54, 1.807) is 6.92 Å². The number of nitrogens with zero attached hydrogens (tertiary/aromatic N) is 3. The van der Waals surface area contributed by atoms with E-state index < -0.39 is 30.8 Å². The SMILES string of the molecule is CC(O)C(=O)Nc1nccc2c1CN(C(C)c1cnc(OCC(F)(F)F)c(Cl)c1)C2=O. The molecule has 2 N–H and O–H groups in total. The number of aromatic nitrogens is 2. The average Bonchev–Trinajstić information content (AvgIpc) is 3.03. The van der Waals surface area contributed by atoms with Crippen LogP contribution in [-0.2, 0) is 11.3 Å². The van der Waals surface area contributed by atoms with Gasteiger partial charge in [0.15, 0.2) is 6.61 Å². The molecule has 31 heavy (non-hydrogen) atoms. The molecule has 2 aromatic rings. The van der Waals surface area contributed by atoms with Crippen LogP contribution in [0.2, 0.25) is 5.02 Å². The highest BCUT2D eigenvalue weighted by Gasteiger charge is 2.34. The van der Waals surface area contributed by atoms with E-state index in [0.29, 0.717) is 16.7 Å². The molecule has 0 aliphatic carbocycles. The number of carbonyl (C=O) groups is 2. The van der Waals surface area contributed by atoms with Crippen LogP contribution in [-0.4, -0.2) is 50.7 Å². The van der Waals surface area contributed by atoms with Gasteiger partial charge in [0.2, 0.25) is 5.88 Å². The zero-order chi connectivity index (χ0) is 22.9. The molecule has 3 rings (SSSR count). The van der Waals surface area contributed by atoms with Gasteiger partial charge in [-0.15, -0.1) is 0 Å². The molecule has 0 bridgehead atoms. The van der Waals surface area contributed by atoms with E-state index in [-0.39, 0.29) is 29.2 Å². The third-order valence-corrected chi connectivity index (χ3v) is 4.92. The number of carbonyl (C=O) groups excluding carboxylic acids is 2. The lowest BCUT2D eigenvalue weighted by Crippen LogP contribution is -2.27. The van der Waals surface area contributed by atoms with Gasteiger partial charge in [-0.05, 0) is 31.5 Å². The lowest BCUT2D eigenvalue weighted by atomic mass is 10.1. The summed E-state index contributed by atoms with van der Waals surface area (Å²) in [7, 11) is 0. The van der Waals surface area contributed by atoms with Crippen LogP contribution < -0.4 is 10.1 Å². The van der Waals surface area contributed by atoms with Crippen molar-refractivity contribution in [2.45, 2.75) is 38.7 Å². The number of fused-ring (bicyclic) bond motifs is 1. The Balaban J connectivity index is 1.80. The summed E-state index contributed by atoms with van der Waals surface area (Å²) in [4.78, 5) is 34.1. The Morgan fingerprint density at radius 3 is 2.71 bits per heavy atom. The van der Waals surface area contributed by atoms with Crippen LogP contribution in [0.5, 0.6) is 5.88 Å². The quantitative estimate of drug-likeness (QED) is 0.689. The number of amides is 2. The van der Waals surface area contributed by atoms with Crippen LogP contribution in [0.25, 0.3) is 0 Å². The molecule has 1 aliphatic rings. The Labute approximate surface area is 180 Å². The predicted molar refractivity (Wildman–Crippen MR) is 104 cm³/mol. The maximum Gasteiger partial charge on any atom is 0.422 e. The van der Waals surface area contributed by atoms with Gasteiger partial charge >= 0.3 is 6.18 Å². The minimum absolute atomic E-state index is 0.114. The molecule has 0 saturated heterocycles. The van der Waals surface area contributed by atoms with Crippen LogP contribution in [0.4, 0.5) is 19.0 Å². The predicted octanol–water partition coefficient (Wildman–Crippen LogP) is 3.11. The van der Waals surface area contributed by atoms with Gasteiger partial charge in [0.25, 0.3) is 11.8 Å². The van der Waals surface area contributed by atoms with E-state index in [1.165, 1.54) is 36.4 Å². The topological polar surface area (TPSA) is 105 Å². The van der Waals surface area contributed by atoms with E-state index in [9.17, 15) is 27.9 Å². The fourth-order valence-electron chi connectivity index (χ4n) is 3.00. The molecule has 0 radical (unpaired) electrons. The average molecular weight is 459 g/mol. The Morgan fingerprint density at radius 2 is 2.10 bits per heavy atom. The molecule has 2 unspecified atom stereocenters. The van der Waals surface area contributed by atoms with Crippen molar-refractivity contribution in [3.05, 3.63) is 46.2 Å². The monoisotopic (exact) mass is 458 g/mol. The van der Waals surface area contributed by atoms with E-state index in [0.717, 1.165) is 0 Å². The highest BCUT2D eigenvalue weighted by Crippen LogP contribution is 2.35. The molecular formula is C19H18ClF3N4O4. The van der Waals surface area contributed by atoms with Crippen molar-refractivity contribution in [2.24, 2.45) is 0 Å². The molecule has 3 heterocycles. The first-order valence-electron chi connectivity index (χ1n) is 9.10. The number of hydrogen-bond donors (Lipinski definition) is 2.